The molecule has 0 aliphatic carbocycles. The van der Waals surface area contributed by atoms with Crippen molar-refractivity contribution in [3.8, 4) is 0 Å². The minimum absolute atomic E-state index is 0.0261. The summed E-state index contributed by atoms with van der Waals surface area (Å²) in [4.78, 5) is 26.1. The van der Waals surface area contributed by atoms with Crippen LogP contribution >= 0.6 is 11.6 Å². The highest BCUT2D eigenvalue weighted by Gasteiger charge is 2.35. The first kappa shape index (κ1) is 19.1. The quantitative estimate of drug-likeness (QED) is 0.689. The van der Waals surface area contributed by atoms with E-state index >= 15 is 0 Å². The van der Waals surface area contributed by atoms with Crippen LogP contribution < -0.4 is 10.2 Å². The maximum absolute atomic E-state index is 13.2. The third kappa shape index (κ3) is 4.43. The number of benzene rings is 2. The zero-order valence-corrected chi connectivity index (χ0v) is 15.9. The normalized spacial score (nSPS) is 16.3. The summed E-state index contributed by atoms with van der Waals surface area (Å²) >= 11 is 5.89. The van der Waals surface area contributed by atoms with E-state index < -0.39 is 11.7 Å². The molecule has 0 bridgehead atoms. The molecule has 0 saturated carbocycles. The molecule has 9 heteroatoms. The molecule has 1 saturated heterocycles. The van der Waals surface area contributed by atoms with Crippen LogP contribution in [0.25, 0.3) is 0 Å². The average Bonchev–Trinajstić information content (AvgIpc) is 3.29. The number of halogens is 2. The Morgan fingerprint density at radius 1 is 1.24 bits per heavy atom. The summed E-state index contributed by atoms with van der Waals surface area (Å²) in [5, 5.41) is 10.9. The minimum Gasteiger partial charge on any atom is -0.407 e. The number of aromatic nitrogens is 2. The van der Waals surface area contributed by atoms with Gasteiger partial charge in [-0.25, -0.2) is 4.39 Å². The van der Waals surface area contributed by atoms with Crippen LogP contribution in [0.3, 0.4) is 0 Å². The van der Waals surface area contributed by atoms with E-state index in [2.05, 4.69) is 15.5 Å². The molecule has 0 radical (unpaired) electrons. The van der Waals surface area contributed by atoms with E-state index in [0.29, 0.717) is 17.1 Å². The van der Waals surface area contributed by atoms with Gasteiger partial charge in [0.15, 0.2) is 0 Å². The first-order chi connectivity index (χ1) is 14.0. The summed E-state index contributed by atoms with van der Waals surface area (Å²) in [7, 11) is 0. The average molecular weight is 415 g/mol. The zero-order chi connectivity index (χ0) is 20.4. The van der Waals surface area contributed by atoms with Gasteiger partial charge < -0.3 is 9.32 Å². The summed E-state index contributed by atoms with van der Waals surface area (Å²) in [5.74, 6) is -0.884. The molecule has 1 aliphatic heterocycles. The van der Waals surface area contributed by atoms with Gasteiger partial charge in [0.05, 0.1) is 12.3 Å². The van der Waals surface area contributed by atoms with E-state index in [1.54, 1.807) is 35.2 Å². The smallest absolute Gasteiger partial charge is 0.322 e. The summed E-state index contributed by atoms with van der Waals surface area (Å²) in [6.07, 6.45) is 0.198. The van der Waals surface area contributed by atoms with Crippen LogP contribution in [0.2, 0.25) is 5.02 Å². The number of anilines is 2. The van der Waals surface area contributed by atoms with E-state index in [1.807, 2.05) is 0 Å². The van der Waals surface area contributed by atoms with Crippen molar-refractivity contribution in [3.63, 3.8) is 0 Å². The van der Waals surface area contributed by atoms with Gasteiger partial charge in [-0.1, -0.05) is 28.8 Å². The molecule has 2 amide bonds. The van der Waals surface area contributed by atoms with Crippen molar-refractivity contribution in [2.75, 3.05) is 16.8 Å². The first-order valence-electron chi connectivity index (χ1n) is 8.91. The largest absolute Gasteiger partial charge is 0.407 e. The first-order valence-corrected chi connectivity index (χ1v) is 9.29. The maximum Gasteiger partial charge on any atom is 0.322 e. The molecule has 1 fully saturated rings. The van der Waals surface area contributed by atoms with Crippen molar-refractivity contribution >= 4 is 35.1 Å². The van der Waals surface area contributed by atoms with Crippen LogP contribution in [0.1, 0.15) is 23.8 Å². The fraction of sp³-hybridized carbons (Fsp3) is 0.200. The number of nitrogens with one attached hydrogen (secondary N) is 1. The van der Waals surface area contributed by atoms with Crippen LogP contribution in [-0.2, 0) is 16.0 Å². The van der Waals surface area contributed by atoms with Gasteiger partial charge >= 0.3 is 6.01 Å². The molecule has 1 atom stereocenters. The number of amides is 2. The standard InChI is InChI=1S/C20H16ClFN4O3/c21-14-4-6-16(7-5-14)26-11-13(10-18(26)28)19-24-25-20(29-19)23-17(27)9-12-2-1-3-15(22)8-12/h1-8,13H,9-11H2,(H,23,25,27). The number of rotatable bonds is 5. The van der Waals surface area contributed by atoms with Crippen LogP contribution in [-0.4, -0.2) is 28.6 Å². The predicted octanol–water partition coefficient (Wildman–Crippen LogP) is 3.56. The Morgan fingerprint density at radius 3 is 2.79 bits per heavy atom. The lowest BCUT2D eigenvalue weighted by Crippen LogP contribution is -2.24. The minimum atomic E-state index is -0.411. The Kier molecular flexibility index (Phi) is 5.26. The van der Waals surface area contributed by atoms with Crippen molar-refractivity contribution in [2.45, 2.75) is 18.8 Å². The second-order valence-electron chi connectivity index (χ2n) is 6.68. The molecule has 1 aromatic heterocycles. The van der Waals surface area contributed by atoms with Crippen LogP contribution in [0.5, 0.6) is 0 Å². The topological polar surface area (TPSA) is 88.3 Å². The highest BCUT2D eigenvalue weighted by atomic mass is 35.5. The molecule has 2 aromatic carbocycles. The van der Waals surface area contributed by atoms with E-state index in [9.17, 15) is 14.0 Å². The Bertz CT molecular complexity index is 1050. The van der Waals surface area contributed by atoms with Crippen LogP contribution in [0, 0.1) is 5.82 Å². The number of carbonyl (C=O) groups excluding carboxylic acids is 2. The molecule has 1 aliphatic rings. The second kappa shape index (κ2) is 8.00. The monoisotopic (exact) mass is 414 g/mol. The molecule has 3 aromatic rings. The van der Waals surface area contributed by atoms with Crippen molar-refractivity contribution in [1.29, 1.82) is 0 Å². The maximum atomic E-state index is 13.2. The Morgan fingerprint density at radius 2 is 2.03 bits per heavy atom. The van der Waals surface area contributed by atoms with Gasteiger partial charge in [-0.05, 0) is 42.0 Å². The lowest BCUT2D eigenvalue weighted by molar-refractivity contribution is -0.117. The van der Waals surface area contributed by atoms with Crippen molar-refractivity contribution < 1.29 is 18.4 Å². The van der Waals surface area contributed by atoms with Crippen molar-refractivity contribution in [1.82, 2.24) is 10.2 Å². The van der Waals surface area contributed by atoms with E-state index in [1.165, 1.54) is 18.2 Å². The van der Waals surface area contributed by atoms with Crippen LogP contribution in [0.4, 0.5) is 16.1 Å². The van der Waals surface area contributed by atoms with Gasteiger partial charge in [0, 0.05) is 23.7 Å². The summed E-state index contributed by atoms with van der Waals surface area (Å²) in [5.41, 5.74) is 1.27. The molecule has 4 rings (SSSR count). The summed E-state index contributed by atoms with van der Waals surface area (Å²) < 4.78 is 18.7. The summed E-state index contributed by atoms with van der Waals surface area (Å²) in [6, 6.07) is 12.7. The second-order valence-corrected chi connectivity index (χ2v) is 7.12. The molecule has 7 nitrogen and oxygen atoms in total. The molecule has 1 N–H and O–H groups in total. The molecule has 1 unspecified atom stereocenters. The Labute approximate surface area is 170 Å². The van der Waals surface area contributed by atoms with Gasteiger partial charge in [0.1, 0.15) is 5.82 Å². The van der Waals surface area contributed by atoms with Crippen LogP contribution in [0.15, 0.2) is 52.9 Å². The van der Waals surface area contributed by atoms with E-state index in [0.717, 1.165) is 5.69 Å². The fourth-order valence-electron chi connectivity index (χ4n) is 3.19. The van der Waals surface area contributed by atoms with Crippen molar-refractivity contribution in [3.05, 3.63) is 70.8 Å². The molecular formula is C20H16ClFN4O3. The highest BCUT2D eigenvalue weighted by Crippen LogP contribution is 2.32. The zero-order valence-electron chi connectivity index (χ0n) is 15.1. The number of nitrogens with zero attached hydrogens (tertiary/aromatic N) is 3. The third-order valence-corrected chi connectivity index (χ3v) is 4.81. The lowest BCUT2D eigenvalue weighted by Gasteiger charge is -2.15. The SMILES string of the molecule is O=C(Cc1cccc(F)c1)Nc1nnc(C2CC(=O)N(c3ccc(Cl)cc3)C2)o1. The third-order valence-electron chi connectivity index (χ3n) is 4.55. The predicted molar refractivity (Wildman–Crippen MR) is 104 cm³/mol. The Balaban J connectivity index is 1.39. The molecule has 29 heavy (non-hydrogen) atoms. The number of hydrogen-bond donors (Lipinski definition) is 1. The van der Waals surface area contributed by atoms with Gasteiger partial charge in [-0.3, -0.25) is 14.9 Å². The van der Waals surface area contributed by atoms with Gasteiger partial charge in [0.2, 0.25) is 17.7 Å². The van der Waals surface area contributed by atoms with E-state index in [4.69, 9.17) is 16.0 Å². The number of carbonyl (C=O) groups is 2. The number of hydrogen-bond acceptors (Lipinski definition) is 5. The van der Waals surface area contributed by atoms with Gasteiger partial charge in [0.25, 0.3) is 0 Å². The molecule has 0 spiro atoms. The fourth-order valence-corrected chi connectivity index (χ4v) is 3.32. The Hall–Kier alpha value is -3.26. The van der Waals surface area contributed by atoms with E-state index in [-0.39, 0.29) is 36.6 Å². The van der Waals surface area contributed by atoms with Gasteiger partial charge in [-0.2, -0.15) is 0 Å². The molecule has 148 valence electrons. The lowest BCUT2D eigenvalue weighted by atomic mass is 10.1. The molecule has 2 heterocycles. The van der Waals surface area contributed by atoms with Gasteiger partial charge in [-0.15, -0.1) is 5.10 Å². The van der Waals surface area contributed by atoms with Crippen molar-refractivity contribution in [2.24, 2.45) is 0 Å². The molecular weight excluding hydrogens is 399 g/mol. The highest BCUT2D eigenvalue weighted by molar-refractivity contribution is 6.30. The summed E-state index contributed by atoms with van der Waals surface area (Å²) in [6.45, 7) is 0.388.